The Morgan fingerprint density at radius 1 is 1.24 bits per heavy atom. The predicted molar refractivity (Wildman–Crippen MR) is 102 cm³/mol. The normalized spacial score (nSPS) is 19.3. The number of carboxylic acid groups (broad SMARTS) is 1. The van der Waals surface area contributed by atoms with Gasteiger partial charge in [0.15, 0.2) is 0 Å². The largest absolute Gasteiger partial charge is 0.480 e. The van der Waals surface area contributed by atoms with Gasteiger partial charge in [0.2, 0.25) is 0 Å². The Morgan fingerprint density at radius 3 is 2.88 bits per heavy atom. The van der Waals surface area contributed by atoms with Crippen LogP contribution in [0.5, 0.6) is 0 Å². The third kappa shape index (κ3) is 2.96. The van der Waals surface area contributed by atoms with E-state index in [0.29, 0.717) is 0 Å². The van der Waals surface area contributed by atoms with Crippen molar-refractivity contribution in [1.82, 2.24) is 4.90 Å². The molecule has 1 aromatic heterocycles. The average Bonchev–Trinajstić information content (AvgIpc) is 3.23. The van der Waals surface area contributed by atoms with Crippen LogP contribution < -0.4 is 0 Å². The van der Waals surface area contributed by atoms with E-state index in [1.54, 1.807) is 11.3 Å². The minimum absolute atomic E-state index is 0.0142. The molecule has 0 amide bonds. The number of rotatable bonds is 4. The Hall–Kier alpha value is -2.17. The van der Waals surface area contributed by atoms with E-state index in [0.717, 1.165) is 19.4 Å². The van der Waals surface area contributed by atoms with Gasteiger partial charge in [-0.05, 0) is 47.7 Å². The quantitative estimate of drug-likeness (QED) is 0.730. The van der Waals surface area contributed by atoms with E-state index in [2.05, 4.69) is 65.7 Å². The summed E-state index contributed by atoms with van der Waals surface area (Å²) >= 11 is 1.74. The van der Waals surface area contributed by atoms with Crippen molar-refractivity contribution in [2.24, 2.45) is 0 Å². The highest BCUT2D eigenvalue weighted by atomic mass is 32.1. The fourth-order valence-electron chi connectivity index (χ4n) is 3.96. The first-order valence-corrected chi connectivity index (χ1v) is 9.54. The number of hydrogen-bond donors (Lipinski definition) is 1. The summed E-state index contributed by atoms with van der Waals surface area (Å²) in [5.41, 5.74) is 3.60. The van der Waals surface area contributed by atoms with Crippen LogP contribution in [0.25, 0.3) is 10.1 Å². The van der Waals surface area contributed by atoms with Gasteiger partial charge in [-0.3, -0.25) is 9.69 Å². The van der Waals surface area contributed by atoms with Crippen LogP contribution in [0.2, 0.25) is 0 Å². The van der Waals surface area contributed by atoms with Crippen LogP contribution in [0.15, 0.2) is 53.9 Å². The van der Waals surface area contributed by atoms with Crippen molar-refractivity contribution in [3.8, 4) is 0 Å². The van der Waals surface area contributed by atoms with Crippen molar-refractivity contribution in [3.05, 3.63) is 70.6 Å². The maximum Gasteiger partial charge on any atom is 0.320 e. The first-order valence-electron chi connectivity index (χ1n) is 8.66. The molecule has 4 heteroatoms. The second kappa shape index (κ2) is 6.62. The molecule has 1 saturated heterocycles. The zero-order chi connectivity index (χ0) is 17.4. The molecule has 1 aliphatic heterocycles. The van der Waals surface area contributed by atoms with Crippen LogP contribution in [-0.4, -0.2) is 28.6 Å². The highest BCUT2D eigenvalue weighted by Crippen LogP contribution is 2.40. The summed E-state index contributed by atoms with van der Waals surface area (Å²) in [6.07, 6.45) is 1.65. The lowest BCUT2D eigenvalue weighted by Crippen LogP contribution is -2.39. The van der Waals surface area contributed by atoms with Crippen molar-refractivity contribution in [1.29, 1.82) is 0 Å². The summed E-state index contributed by atoms with van der Waals surface area (Å²) in [7, 11) is 0. The molecule has 4 rings (SSSR count). The summed E-state index contributed by atoms with van der Waals surface area (Å²) < 4.78 is 1.25. The predicted octanol–water partition coefficient (Wildman–Crippen LogP) is 4.85. The minimum atomic E-state index is -0.713. The molecule has 0 bridgehead atoms. The highest BCUT2D eigenvalue weighted by molar-refractivity contribution is 7.17. The van der Waals surface area contributed by atoms with E-state index < -0.39 is 12.0 Å². The van der Waals surface area contributed by atoms with Crippen molar-refractivity contribution >= 4 is 27.4 Å². The van der Waals surface area contributed by atoms with Crippen molar-refractivity contribution in [2.75, 3.05) is 6.54 Å². The number of benzene rings is 2. The zero-order valence-corrected chi connectivity index (χ0v) is 15.0. The Bertz CT molecular complexity index is 917. The molecule has 0 aliphatic carbocycles. The molecule has 2 unspecified atom stereocenters. The smallest absolute Gasteiger partial charge is 0.320 e. The number of likely N-dealkylation sites (tertiary alicyclic amines) is 1. The van der Waals surface area contributed by atoms with Gasteiger partial charge in [0.1, 0.15) is 6.04 Å². The lowest BCUT2D eigenvalue weighted by molar-refractivity contribution is -0.142. The van der Waals surface area contributed by atoms with Gasteiger partial charge >= 0.3 is 5.97 Å². The first-order chi connectivity index (χ1) is 12.1. The first kappa shape index (κ1) is 16.3. The third-order valence-electron chi connectivity index (χ3n) is 5.07. The lowest BCUT2D eigenvalue weighted by Gasteiger charge is -2.32. The minimum Gasteiger partial charge on any atom is -0.480 e. The van der Waals surface area contributed by atoms with Crippen molar-refractivity contribution in [2.45, 2.75) is 31.8 Å². The Morgan fingerprint density at radius 2 is 2.08 bits per heavy atom. The topological polar surface area (TPSA) is 40.5 Å². The second-order valence-corrected chi connectivity index (χ2v) is 7.65. The van der Waals surface area contributed by atoms with Crippen molar-refractivity contribution in [3.63, 3.8) is 0 Å². The lowest BCUT2D eigenvalue weighted by atomic mass is 9.94. The van der Waals surface area contributed by atoms with Gasteiger partial charge in [-0.25, -0.2) is 0 Å². The monoisotopic (exact) mass is 351 g/mol. The van der Waals surface area contributed by atoms with E-state index in [9.17, 15) is 9.90 Å². The van der Waals surface area contributed by atoms with Crippen molar-refractivity contribution < 1.29 is 9.90 Å². The van der Waals surface area contributed by atoms with E-state index >= 15 is 0 Å². The second-order valence-electron chi connectivity index (χ2n) is 6.74. The number of carboxylic acids is 1. The molecule has 1 fully saturated rings. The summed E-state index contributed by atoms with van der Waals surface area (Å²) in [4.78, 5) is 14.0. The van der Waals surface area contributed by atoms with Gasteiger partial charge in [0, 0.05) is 11.2 Å². The van der Waals surface area contributed by atoms with Crippen LogP contribution in [-0.2, 0) is 4.79 Å². The van der Waals surface area contributed by atoms with Crippen LogP contribution in [0.3, 0.4) is 0 Å². The Kier molecular flexibility index (Phi) is 4.32. The molecule has 2 atom stereocenters. The maximum atomic E-state index is 11.8. The number of nitrogens with zero attached hydrogens (tertiary/aromatic N) is 1. The molecular formula is C21H21NO2S. The van der Waals surface area contributed by atoms with E-state index in [1.165, 1.54) is 26.8 Å². The van der Waals surface area contributed by atoms with Gasteiger partial charge in [0.05, 0.1) is 6.04 Å². The number of fused-ring (bicyclic) bond motifs is 1. The number of thiophene rings is 1. The highest BCUT2D eigenvalue weighted by Gasteiger charge is 2.37. The van der Waals surface area contributed by atoms with Gasteiger partial charge in [-0.15, -0.1) is 11.3 Å². The molecule has 0 radical (unpaired) electrons. The van der Waals surface area contributed by atoms with E-state index in [1.807, 2.05) is 0 Å². The molecule has 1 aliphatic rings. The molecule has 2 aromatic carbocycles. The van der Waals surface area contributed by atoms with Crippen LogP contribution in [0, 0.1) is 6.92 Å². The fourth-order valence-corrected chi connectivity index (χ4v) is 4.94. The molecule has 1 N–H and O–H groups in total. The summed E-state index contributed by atoms with van der Waals surface area (Å²) in [6, 6.07) is 16.4. The van der Waals surface area contributed by atoms with Crippen LogP contribution in [0.1, 0.15) is 35.6 Å². The van der Waals surface area contributed by atoms with Gasteiger partial charge < -0.3 is 5.11 Å². The number of hydrogen-bond acceptors (Lipinski definition) is 3. The maximum absolute atomic E-state index is 11.8. The summed E-state index contributed by atoms with van der Waals surface area (Å²) in [5.74, 6) is -0.713. The zero-order valence-electron chi connectivity index (χ0n) is 14.2. The Labute approximate surface area is 151 Å². The SMILES string of the molecule is Cc1cccc(C(c2csc3ccccc23)N2CCCC2C(=O)O)c1. The number of aryl methyl sites for hydroxylation is 1. The van der Waals surface area contributed by atoms with Gasteiger partial charge in [0.25, 0.3) is 0 Å². The summed E-state index contributed by atoms with van der Waals surface area (Å²) in [6.45, 7) is 2.91. The molecule has 2 heterocycles. The molecule has 0 spiro atoms. The Balaban J connectivity index is 1.88. The fraction of sp³-hybridized carbons (Fsp3) is 0.286. The van der Waals surface area contributed by atoms with Crippen LogP contribution >= 0.6 is 11.3 Å². The van der Waals surface area contributed by atoms with Crippen LogP contribution in [0.4, 0.5) is 0 Å². The summed E-state index contributed by atoms with van der Waals surface area (Å²) in [5, 5.41) is 13.1. The van der Waals surface area contributed by atoms with E-state index in [-0.39, 0.29) is 6.04 Å². The molecule has 25 heavy (non-hydrogen) atoms. The molecule has 3 nitrogen and oxygen atoms in total. The molecule has 0 saturated carbocycles. The van der Waals surface area contributed by atoms with E-state index in [4.69, 9.17) is 0 Å². The third-order valence-corrected chi connectivity index (χ3v) is 6.06. The average molecular weight is 351 g/mol. The molecule has 3 aromatic rings. The van der Waals surface area contributed by atoms with Gasteiger partial charge in [-0.1, -0.05) is 48.0 Å². The molecule has 128 valence electrons. The number of aliphatic carboxylic acids is 1. The standard InChI is InChI=1S/C21H21NO2S/c1-14-6-4-7-15(12-14)20(22-11-5-9-18(22)21(23)24)17-13-25-19-10-3-2-8-16(17)19/h2-4,6-8,10,12-13,18,20H,5,9,11H2,1H3,(H,23,24). The van der Waals surface area contributed by atoms with Gasteiger partial charge in [-0.2, -0.15) is 0 Å². The number of carbonyl (C=O) groups is 1. The molecular weight excluding hydrogens is 330 g/mol.